The standard InChI is InChI=1S/C13H15N3O2/c1-18-13(17)15-8-10-16-9-7-14-12(16)11-5-3-2-4-6-11/h2-7,9H,8,10H2,1H3,(H,15,17). The monoisotopic (exact) mass is 245 g/mol. The van der Waals surface area contributed by atoms with E-state index in [0.29, 0.717) is 13.1 Å². The summed E-state index contributed by atoms with van der Waals surface area (Å²) in [5, 5.41) is 2.64. The van der Waals surface area contributed by atoms with Crippen LogP contribution < -0.4 is 5.32 Å². The molecule has 0 fully saturated rings. The largest absolute Gasteiger partial charge is 0.453 e. The lowest BCUT2D eigenvalue weighted by Gasteiger charge is -2.08. The van der Waals surface area contributed by atoms with E-state index in [1.54, 1.807) is 6.20 Å². The number of amides is 1. The predicted molar refractivity (Wildman–Crippen MR) is 68.1 cm³/mol. The number of nitrogens with one attached hydrogen (secondary N) is 1. The van der Waals surface area contributed by atoms with Gasteiger partial charge in [-0.2, -0.15) is 0 Å². The van der Waals surface area contributed by atoms with E-state index in [2.05, 4.69) is 15.0 Å². The molecule has 2 rings (SSSR count). The highest BCUT2D eigenvalue weighted by Crippen LogP contribution is 2.16. The zero-order valence-corrected chi connectivity index (χ0v) is 10.2. The highest BCUT2D eigenvalue weighted by atomic mass is 16.5. The molecular formula is C13H15N3O2. The second-order valence-corrected chi connectivity index (χ2v) is 3.73. The normalized spacial score (nSPS) is 10.1. The fraction of sp³-hybridized carbons (Fsp3) is 0.231. The molecule has 0 aliphatic heterocycles. The van der Waals surface area contributed by atoms with Crippen LogP contribution in [0.4, 0.5) is 4.79 Å². The summed E-state index contributed by atoms with van der Waals surface area (Å²) in [6.45, 7) is 1.15. The lowest BCUT2D eigenvalue weighted by atomic mass is 10.2. The number of alkyl carbamates (subject to hydrolysis) is 1. The Morgan fingerprint density at radius 2 is 2.17 bits per heavy atom. The molecule has 1 aromatic heterocycles. The fourth-order valence-electron chi connectivity index (χ4n) is 1.69. The quantitative estimate of drug-likeness (QED) is 0.895. The smallest absolute Gasteiger partial charge is 0.406 e. The third kappa shape index (κ3) is 2.88. The van der Waals surface area contributed by atoms with Gasteiger partial charge in [-0.3, -0.25) is 0 Å². The summed E-state index contributed by atoms with van der Waals surface area (Å²) in [5.74, 6) is 0.891. The van der Waals surface area contributed by atoms with Gasteiger partial charge in [-0.1, -0.05) is 30.3 Å². The van der Waals surface area contributed by atoms with Crippen molar-refractivity contribution in [2.24, 2.45) is 0 Å². The average Bonchev–Trinajstić information content (AvgIpc) is 2.88. The fourth-order valence-corrected chi connectivity index (χ4v) is 1.69. The Labute approximate surface area is 105 Å². The van der Waals surface area contributed by atoms with E-state index < -0.39 is 6.09 Å². The number of imidazole rings is 1. The summed E-state index contributed by atoms with van der Waals surface area (Å²) >= 11 is 0. The molecule has 1 heterocycles. The molecule has 0 aliphatic carbocycles. The number of hydrogen-bond acceptors (Lipinski definition) is 3. The summed E-state index contributed by atoms with van der Waals surface area (Å²) in [7, 11) is 1.35. The van der Waals surface area contributed by atoms with E-state index in [1.807, 2.05) is 41.1 Å². The highest BCUT2D eigenvalue weighted by molar-refractivity contribution is 5.66. The van der Waals surface area contributed by atoms with Gasteiger partial charge >= 0.3 is 6.09 Å². The van der Waals surface area contributed by atoms with E-state index in [4.69, 9.17) is 0 Å². The van der Waals surface area contributed by atoms with Crippen molar-refractivity contribution in [1.82, 2.24) is 14.9 Å². The van der Waals surface area contributed by atoms with E-state index >= 15 is 0 Å². The number of nitrogens with zero attached hydrogens (tertiary/aromatic N) is 2. The van der Waals surface area contributed by atoms with Crippen molar-refractivity contribution in [2.45, 2.75) is 6.54 Å². The molecule has 0 radical (unpaired) electrons. The van der Waals surface area contributed by atoms with Gasteiger partial charge < -0.3 is 14.6 Å². The summed E-state index contributed by atoms with van der Waals surface area (Å²) in [5.41, 5.74) is 1.06. The molecule has 0 saturated heterocycles. The van der Waals surface area contributed by atoms with Crippen molar-refractivity contribution in [3.05, 3.63) is 42.7 Å². The summed E-state index contributed by atoms with van der Waals surface area (Å²) in [6, 6.07) is 9.93. The second kappa shape index (κ2) is 5.86. The first kappa shape index (κ1) is 12.2. The molecule has 0 unspecified atom stereocenters. The van der Waals surface area contributed by atoms with Crippen molar-refractivity contribution in [2.75, 3.05) is 13.7 Å². The van der Waals surface area contributed by atoms with Gasteiger partial charge in [0.15, 0.2) is 0 Å². The Kier molecular flexibility index (Phi) is 3.96. The molecule has 1 aromatic carbocycles. The summed E-state index contributed by atoms with van der Waals surface area (Å²) in [6.07, 6.45) is 3.22. The van der Waals surface area contributed by atoms with Crippen LogP contribution in [0.5, 0.6) is 0 Å². The molecule has 0 atom stereocenters. The maximum atomic E-state index is 10.9. The second-order valence-electron chi connectivity index (χ2n) is 3.73. The van der Waals surface area contributed by atoms with Gasteiger partial charge in [0.05, 0.1) is 7.11 Å². The Hall–Kier alpha value is -2.30. The Balaban J connectivity index is 2.03. The summed E-state index contributed by atoms with van der Waals surface area (Å²) in [4.78, 5) is 15.3. The molecule has 2 aromatic rings. The third-order valence-corrected chi connectivity index (χ3v) is 2.55. The number of carbonyl (C=O) groups excluding carboxylic acids is 1. The first-order chi connectivity index (χ1) is 8.81. The van der Waals surface area contributed by atoms with E-state index in [-0.39, 0.29) is 0 Å². The van der Waals surface area contributed by atoms with Crippen molar-refractivity contribution >= 4 is 6.09 Å². The number of carbonyl (C=O) groups is 1. The molecule has 0 spiro atoms. The van der Waals surface area contributed by atoms with Crippen LogP contribution in [0, 0.1) is 0 Å². The van der Waals surface area contributed by atoms with Gasteiger partial charge in [-0.25, -0.2) is 9.78 Å². The maximum Gasteiger partial charge on any atom is 0.406 e. The van der Waals surface area contributed by atoms with E-state index in [0.717, 1.165) is 11.4 Å². The molecule has 18 heavy (non-hydrogen) atoms. The van der Waals surface area contributed by atoms with Gasteiger partial charge in [-0.15, -0.1) is 0 Å². The van der Waals surface area contributed by atoms with Crippen LogP contribution in [0.3, 0.4) is 0 Å². The molecule has 5 heteroatoms. The predicted octanol–water partition coefficient (Wildman–Crippen LogP) is 1.91. The lowest BCUT2D eigenvalue weighted by molar-refractivity contribution is 0.170. The van der Waals surface area contributed by atoms with Crippen LogP contribution in [-0.2, 0) is 11.3 Å². The van der Waals surface area contributed by atoms with E-state index in [9.17, 15) is 4.79 Å². The first-order valence-electron chi connectivity index (χ1n) is 5.69. The van der Waals surface area contributed by atoms with Gasteiger partial charge in [0, 0.05) is 31.0 Å². The van der Waals surface area contributed by atoms with Crippen LogP contribution in [0.25, 0.3) is 11.4 Å². The van der Waals surface area contributed by atoms with E-state index in [1.165, 1.54) is 7.11 Å². The Bertz CT molecular complexity index is 508. The minimum atomic E-state index is -0.420. The van der Waals surface area contributed by atoms with Gasteiger partial charge in [0.25, 0.3) is 0 Å². The van der Waals surface area contributed by atoms with Crippen molar-refractivity contribution in [3.63, 3.8) is 0 Å². The van der Waals surface area contributed by atoms with Gasteiger partial charge in [0.2, 0.25) is 0 Å². The average molecular weight is 245 g/mol. The zero-order valence-electron chi connectivity index (χ0n) is 10.2. The van der Waals surface area contributed by atoms with Crippen molar-refractivity contribution in [1.29, 1.82) is 0 Å². The van der Waals surface area contributed by atoms with Crippen molar-refractivity contribution < 1.29 is 9.53 Å². The molecule has 0 aliphatic rings. The van der Waals surface area contributed by atoms with Crippen LogP contribution in [0.1, 0.15) is 0 Å². The maximum absolute atomic E-state index is 10.9. The van der Waals surface area contributed by atoms with Gasteiger partial charge in [0.1, 0.15) is 5.82 Å². The molecular weight excluding hydrogens is 230 g/mol. The number of benzene rings is 1. The molecule has 5 nitrogen and oxygen atoms in total. The Morgan fingerprint density at radius 1 is 1.39 bits per heavy atom. The van der Waals surface area contributed by atoms with Gasteiger partial charge in [-0.05, 0) is 0 Å². The van der Waals surface area contributed by atoms with Crippen LogP contribution in [-0.4, -0.2) is 29.3 Å². The first-order valence-corrected chi connectivity index (χ1v) is 5.69. The minimum Gasteiger partial charge on any atom is -0.453 e. The topological polar surface area (TPSA) is 56.1 Å². The number of aromatic nitrogens is 2. The summed E-state index contributed by atoms with van der Waals surface area (Å²) < 4.78 is 6.50. The number of rotatable bonds is 4. The van der Waals surface area contributed by atoms with Crippen LogP contribution in [0.2, 0.25) is 0 Å². The highest BCUT2D eigenvalue weighted by Gasteiger charge is 2.05. The Morgan fingerprint density at radius 3 is 2.89 bits per heavy atom. The molecule has 0 saturated carbocycles. The SMILES string of the molecule is COC(=O)NCCn1ccnc1-c1ccccc1. The minimum absolute atomic E-state index is 0.420. The number of methoxy groups -OCH3 is 1. The van der Waals surface area contributed by atoms with Crippen molar-refractivity contribution in [3.8, 4) is 11.4 Å². The molecule has 94 valence electrons. The number of ether oxygens (including phenoxy) is 1. The third-order valence-electron chi connectivity index (χ3n) is 2.55. The lowest BCUT2D eigenvalue weighted by Crippen LogP contribution is -2.26. The molecule has 1 N–H and O–H groups in total. The number of hydrogen-bond donors (Lipinski definition) is 1. The van der Waals surface area contributed by atoms with Crippen LogP contribution in [0.15, 0.2) is 42.7 Å². The van der Waals surface area contributed by atoms with Crippen LogP contribution >= 0.6 is 0 Å². The molecule has 1 amide bonds. The zero-order chi connectivity index (χ0) is 12.8. The molecule has 0 bridgehead atoms.